The van der Waals surface area contributed by atoms with E-state index in [2.05, 4.69) is 38.1 Å². The van der Waals surface area contributed by atoms with Gasteiger partial charge in [0, 0.05) is 0 Å². The lowest BCUT2D eigenvalue weighted by molar-refractivity contribution is 0.626. The van der Waals surface area contributed by atoms with Crippen LogP contribution in [0.25, 0.3) is 0 Å². The quantitative estimate of drug-likeness (QED) is 0.723. The lowest BCUT2D eigenvalue weighted by atomic mass is 9.99. The Morgan fingerprint density at radius 2 is 1.65 bits per heavy atom. The van der Waals surface area contributed by atoms with E-state index in [0.29, 0.717) is 5.92 Å². The van der Waals surface area contributed by atoms with Gasteiger partial charge in [0.1, 0.15) is 5.82 Å². The average Bonchev–Trinajstić information content (AvgIpc) is 2.29. The Hall–Kier alpha value is -1.63. The highest BCUT2D eigenvalue weighted by Gasteiger charge is 2.00. The van der Waals surface area contributed by atoms with E-state index in [-0.39, 0.29) is 5.82 Å². The molecule has 0 saturated carbocycles. The maximum atomic E-state index is 13.0. The second kappa shape index (κ2) is 5.13. The molecule has 0 aliphatic carbocycles. The van der Waals surface area contributed by atoms with Crippen molar-refractivity contribution >= 4 is 0 Å². The molecule has 0 spiro atoms. The highest BCUT2D eigenvalue weighted by Crippen LogP contribution is 2.17. The Labute approximate surface area is 102 Å². The van der Waals surface area contributed by atoms with Gasteiger partial charge in [-0.25, -0.2) is 4.39 Å². The second-order valence-corrected chi connectivity index (χ2v) is 4.70. The van der Waals surface area contributed by atoms with Gasteiger partial charge < -0.3 is 0 Å². The third-order valence-corrected chi connectivity index (χ3v) is 2.94. The van der Waals surface area contributed by atoms with Crippen molar-refractivity contribution in [3.05, 3.63) is 71.0 Å². The normalized spacial score (nSPS) is 10.8. The van der Waals surface area contributed by atoms with Crippen molar-refractivity contribution in [2.75, 3.05) is 0 Å². The number of halogens is 1. The zero-order valence-corrected chi connectivity index (χ0v) is 10.3. The first-order chi connectivity index (χ1) is 8.15. The van der Waals surface area contributed by atoms with E-state index in [1.54, 1.807) is 12.1 Å². The molecule has 2 aromatic rings. The van der Waals surface area contributed by atoms with Crippen LogP contribution in [0.3, 0.4) is 0 Å². The molecule has 0 saturated heterocycles. The summed E-state index contributed by atoms with van der Waals surface area (Å²) in [5.74, 6) is 0.388. The van der Waals surface area contributed by atoms with Gasteiger partial charge in [-0.3, -0.25) is 0 Å². The van der Waals surface area contributed by atoms with Crippen molar-refractivity contribution in [1.82, 2.24) is 0 Å². The van der Waals surface area contributed by atoms with E-state index in [0.717, 1.165) is 12.0 Å². The van der Waals surface area contributed by atoms with Crippen molar-refractivity contribution in [3.8, 4) is 0 Å². The first-order valence-electron chi connectivity index (χ1n) is 5.98. The first kappa shape index (κ1) is 11.8. The number of hydrogen-bond acceptors (Lipinski definition) is 0. The lowest BCUT2D eigenvalue weighted by Crippen LogP contribution is -1.91. The van der Waals surface area contributed by atoms with E-state index in [1.807, 2.05) is 6.07 Å². The Bertz CT molecular complexity index is 483. The van der Waals surface area contributed by atoms with Crippen LogP contribution in [-0.2, 0) is 6.42 Å². The fourth-order valence-electron chi connectivity index (χ4n) is 1.90. The predicted molar refractivity (Wildman–Crippen MR) is 69.7 cm³/mol. The fraction of sp³-hybridized carbons (Fsp3) is 0.250. The van der Waals surface area contributed by atoms with Gasteiger partial charge in [-0.15, -0.1) is 0 Å². The smallest absolute Gasteiger partial charge is 0.123 e. The Balaban J connectivity index is 2.14. The standard InChI is InChI=1S/C16H17F/c1-12(2)15-8-6-13(7-9-15)10-14-4-3-5-16(17)11-14/h3-9,11-12H,10H2,1-2H3. The van der Waals surface area contributed by atoms with Gasteiger partial charge in [0.05, 0.1) is 0 Å². The van der Waals surface area contributed by atoms with Gasteiger partial charge >= 0.3 is 0 Å². The molecule has 0 amide bonds. The molecular formula is C16H17F. The van der Waals surface area contributed by atoms with Crippen LogP contribution in [0.5, 0.6) is 0 Å². The highest BCUT2D eigenvalue weighted by atomic mass is 19.1. The monoisotopic (exact) mass is 228 g/mol. The van der Waals surface area contributed by atoms with Crippen LogP contribution in [0, 0.1) is 5.82 Å². The molecular weight excluding hydrogens is 211 g/mol. The molecule has 0 aliphatic heterocycles. The van der Waals surface area contributed by atoms with Crippen molar-refractivity contribution in [1.29, 1.82) is 0 Å². The molecule has 0 N–H and O–H groups in total. The Kier molecular flexibility index (Phi) is 3.58. The number of rotatable bonds is 3. The summed E-state index contributed by atoms with van der Waals surface area (Å²) >= 11 is 0. The molecule has 88 valence electrons. The predicted octanol–water partition coefficient (Wildman–Crippen LogP) is 4.54. The van der Waals surface area contributed by atoms with Crippen LogP contribution < -0.4 is 0 Å². The highest BCUT2D eigenvalue weighted by molar-refractivity contribution is 5.29. The lowest BCUT2D eigenvalue weighted by Gasteiger charge is -2.07. The van der Waals surface area contributed by atoms with Gasteiger partial charge in [-0.2, -0.15) is 0 Å². The van der Waals surface area contributed by atoms with Gasteiger partial charge in [-0.05, 0) is 41.2 Å². The summed E-state index contributed by atoms with van der Waals surface area (Å²) in [6, 6.07) is 15.3. The summed E-state index contributed by atoms with van der Waals surface area (Å²) in [5, 5.41) is 0. The third kappa shape index (κ3) is 3.16. The summed E-state index contributed by atoms with van der Waals surface area (Å²) in [4.78, 5) is 0. The van der Waals surface area contributed by atoms with Crippen molar-refractivity contribution in [2.45, 2.75) is 26.2 Å². The molecule has 0 atom stereocenters. The average molecular weight is 228 g/mol. The molecule has 2 rings (SSSR count). The largest absolute Gasteiger partial charge is 0.207 e. The molecule has 0 radical (unpaired) electrons. The van der Waals surface area contributed by atoms with Crippen LogP contribution >= 0.6 is 0 Å². The zero-order chi connectivity index (χ0) is 12.3. The molecule has 1 heteroatoms. The second-order valence-electron chi connectivity index (χ2n) is 4.70. The summed E-state index contributed by atoms with van der Waals surface area (Å²) in [7, 11) is 0. The summed E-state index contributed by atoms with van der Waals surface area (Å²) < 4.78 is 13.0. The SMILES string of the molecule is CC(C)c1ccc(Cc2cccc(F)c2)cc1. The maximum Gasteiger partial charge on any atom is 0.123 e. The van der Waals surface area contributed by atoms with Crippen molar-refractivity contribution < 1.29 is 4.39 Å². The third-order valence-electron chi connectivity index (χ3n) is 2.94. The summed E-state index contributed by atoms with van der Waals surface area (Å²) in [6.07, 6.45) is 0.788. The molecule has 0 bridgehead atoms. The minimum Gasteiger partial charge on any atom is -0.207 e. The molecule has 17 heavy (non-hydrogen) atoms. The van der Waals surface area contributed by atoms with Crippen LogP contribution in [0.2, 0.25) is 0 Å². The van der Waals surface area contributed by atoms with Gasteiger partial charge in [0.2, 0.25) is 0 Å². The van der Waals surface area contributed by atoms with E-state index in [1.165, 1.54) is 17.2 Å². The van der Waals surface area contributed by atoms with Gasteiger partial charge in [0.15, 0.2) is 0 Å². The fourth-order valence-corrected chi connectivity index (χ4v) is 1.90. The Morgan fingerprint density at radius 1 is 0.941 bits per heavy atom. The van der Waals surface area contributed by atoms with Crippen molar-refractivity contribution in [3.63, 3.8) is 0 Å². The zero-order valence-electron chi connectivity index (χ0n) is 10.3. The van der Waals surface area contributed by atoms with E-state index in [9.17, 15) is 4.39 Å². The van der Waals surface area contributed by atoms with Gasteiger partial charge in [0.25, 0.3) is 0 Å². The molecule has 0 nitrogen and oxygen atoms in total. The minimum atomic E-state index is -0.165. The van der Waals surface area contributed by atoms with Crippen molar-refractivity contribution in [2.24, 2.45) is 0 Å². The van der Waals surface area contributed by atoms with E-state index >= 15 is 0 Å². The molecule has 0 aliphatic rings. The van der Waals surface area contributed by atoms with Crippen LogP contribution in [0.4, 0.5) is 4.39 Å². The molecule has 0 heterocycles. The summed E-state index contributed by atoms with van der Waals surface area (Å²) in [5.41, 5.74) is 3.58. The van der Waals surface area contributed by atoms with E-state index in [4.69, 9.17) is 0 Å². The number of benzene rings is 2. The molecule has 0 aromatic heterocycles. The minimum absolute atomic E-state index is 0.165. The summed E-state index contributed by atoms with van der Waals surface area (Å²) in [6.45, 7) is 4.36. The first-order valence-corrected chi connectivity index (χ1v) is 5.98. The van der Waals surface area contributed by atoms with E-state index < -0.39 is 0 Å². The van der Waals surface area contributed by atoms with Crippen LogP contribution in [-0.4, -0.2) is 0 Å². The van der Waals surface area contributed by atoms with Crippen LogP contribution in [0.1, 0.15) is 36.5 Å². The maximum absolute atomic E-state index is 13.0. The molecule has 0 fully saturated rings. The topological polar surface area (TPSA) is 0 Å². The number of hydrogen-bond donors (Lipinski definition) is 0. The molecule has 0 unspecified atom stereocenters. The van der Waals surface area contributed by atoms with Crippen LogP contribution in [0.15, 0.2) is 48.5 Å². The van der Waals surface area contributed by atoms with Gasteiger partial charge in [-0.1, -0.05) is 50.2 Å². The molecule has 2 aromatic carbocycles. The Morgan fingerprint density at radius 3 is 2.24 bits per heavy atom.